The summed E-state index contributed by atoms with van der Waals surface area (Å²) in [5, 5.41) is 3.19. The van der Waals surface area contributed by atoms with Crippen LogP contribution in [0.3, 0.4) is 0 Å². The molecule has 0 radical (unpaired) electrons. The lowest BCUT2D eigenvalue weighted by atomic mass is 10.0. The molecule has 1 amide bonds. The molecular weight excluding hydrogens is 368 g/mol. The number of carbonyl (C=O) groups is 1. The van der Waals surface area contributed by atoms with Crippen molar-refractivity contribution in [2.75, 3.05) is 40.0 Å². The van der Waals surface area contributed by atoms with Crippen molar-refractivity contribution in [1.29, 1.82) is 0 Å². The summed E-state index contributed by atoms with van der Waals surface area (Å²) >= 11 is 0. The molecule has 0 spiro atoms. The minimum Gasteiger partial charge on any atom is -0.493 e. The monoisotopic (exact) mass is 398 g/mol. The minimum absolute atomic E-state index is 0.0274. The Labute approximate surface area is 172 Å². The number of amides is 1. The second-order valence-electron chi connectivity index (χ2n) is 7.38. The van der Waals surface area contributed by atoms with Crippen LogP contribution in [0.2, 0.25) is 0 Å². The Morgan fingerprint density at radius 2 is 1.83 bits per heavy atom. The Kier molecular flexibility index (Phi) is 7.49. The molecule has 0 bridgehead atoms. The fraction of sp³-hybridized carbons (Fsp3) is 0.435. The molecule has 0 saturated carbocycles. The molecule has 1 fully saturated rings. The summed E-state index contributed by atoms with van der Waals surface area (Å²) in [6.45, 7) is 7.84. The highest BCUT2D eigenvalue weighted by molar-refractivity contribution is 5.95. The first-order valence-electron chi connectivity index (χ1n) is 10.1. The topological polar surface area (TPSA) is 60.0 Å². The van der Waals surface area contributed by atoms with E-state index in [0.29, 0.717) is 17.1 Å². The summed E-state index contributed by atoms with van der Waals surface area (Å²) in [5.41, 5.74) is 1.62. The van der Waals surface area contributed by atoms with Gasteiger partial charge >= 0.3 is 0 Å². The summed E-state index contributed by atoms with van der Waals surface area (Å²) in [6.07, 6.45) is 0.0274. The molecule has 1 N–H and O–H groups in total. The highest BCUT2D eigenvalue weighted by atomic mass is 16.5. The Morgan fingerprint density at radius 1 is 1.10 bits per heavy atom. The number of carbonyl (C=O) groups excluding carboxylic acids is 1. The van der Waals surface area contributed by atoms with Gasteiger partial charge in [0.05, 0.1) is 32.5 Å². The molecule has 1 atom stereocenters. The number of hydrogen-bond acceptors (Lipinski definition) is 5. The fourth-order valence-corrected chi connectivity index (χ4v) is 3.36. The van der Waals surface area contributed by atoms with Crippen LogP contribution >= 0.6 is 0 Å². The third-order valence-corrected chi connectivity index (χ3v) is 4.84. The highest BCUT2D eigenvalue weighted by Gasteiger charge is 2.21. The van der Waals surface area contributed by atoms with Crippen molar-refractivity contribution < 1.29 is 19.0 Å². The molecular formula is C23H30N2O4. The van der Waals surface area contributed by atoms with Gasteiger partial charge in [0.15, 0.2) is 11.5 Å². The van der Waals surface area contributed by atoms with E-state index in [1.165, 1.54) is 0 Å². The molecule has 156 valence electrons. The van der Waals surface area contributed by atoms with E-state index in [-0.39, 0.29) is 18.1 Å². The molecule has 0 aromatic heterocycles. The zero-order chi connectivity index (χ0) is 20.6. The number of rotatable bonds is 8. The molecule has 0 aliphatic carbocycles. The van der Waals surface area contributed by atoms with Gasteiger partial charge in [-0.25, -0.2) is 0 Å². The summed E-state index contributed by atoms with van der Waals surface area (Å²) in [5.74, 6) is 1.05. The first-order valence-corrected chi connectivity index (χ1v) is 10.1. The molecule has 1 unspecified atom stereocenters. The van der Waals surface area contributed by atoms with Crippen LogP contribution in [0.5, 0.6) is 11.5 Å². The Bertz CT molecular complexity index is 789. The molecule has 1 aliphatic rings. The molecule has 2 aromatic rings. The molecule has 1 aliphatic heterocycles. The number of nitrogens with one attached hydrogen (secondary N) is 1. The van der Waals surface area contributed by atoms with Crippen LogP contribution in [0, 0.1) is 0 Å². The van der Waals surface area contributed by atoms with Crippen LogP contribution in [0.25, 0.3) is 0 Å². The van der Waals surface area contributed by atoms with Crippen molar-refractivity contribution in [3.05, 3.63) is 59.7 Å². The average molecular weight is 399 g/mol. The minimum atomic E-state index is -0.137. The second-order valence-corrected chi connectivity index (χ2v) is 7.38. The third kappa shape index (κ3) is 5.95. The van der Waals surface area contributed by atoms with Gasteiger partial charge in [-0.3, -0.25) is 9.69 Å². The van der Waals surface area contributed by atoms with Gasteiger partial charge in [-0.15, -0.1) is 0 Å². The van der Waals surface area contributed by atoms with Gasteiger partial charge in [0, 0.05) is 25.2 Å². The molecule has 6 nitrogen and oxygen atoms in total. The summed E-state index contributed by atoms with van der Waals surface area (Å²) < 4.78 is 16.6. The zero-order valence-electron chi connectivity index (χ0n) is 17.4. The predicted molar refractivity (Wildman–Crippen MR) is 113 cm³/mol. The van der Waals surface area contributed by atoms with E-state index in [1.54, 1.807) is 25.3 Å². The number of morpholine rings is 1. The fourth-order valence-electron chi connectivity index (χ4n) is 3.36. The largest absolute Gasteiger partial charge is 0.493 e. The molecule has 29 heavy (non-hydrogen) atoms. The van der Waals surface area contributed by atoms with E-state index in [9.17, 15) is 4.79 Å². The Morgan fingerprint density at radius 3 is 2.48 bits per heavy atom. The van der Waals surface area contributed by atoms with E-state index >= 15 is 0 Å². The van der Waals surface area contributed by atoms with E-state index in [0.717, 1.165) is 38.4 Å². The predicted octanol–water partition coefficient (Wildman–Crippen LogP) is 3.29. The van der Waals surface area contributed by atoms with Crippen molar-refractivity contribution >= 4 is 5.91 Å². The maximum Gasteiger partial charge on any atom is 0.251 e. The highest BCUT2D eigenvalue weighted by Crippen LogP contribution is 2.29. The maximum absolute atomic E-state index is 13.0. The third-order valence-electron chi connectivity index (χ3n) is 4.84. The van der Waals surface area contributed by atoms with E-state index in [4.69, 9.17) is 14.2 Å². The van der Waals surface area contributed by atoms with Crippen LogP contribution in [0.15, 0.2) is 48.5 Å². The SMILES string of the molecule is COc1cc(C(=O)NC(CN2CCOCC2)c2ccccc2)ccc1OC(C)C. The summed E-state index contributed by atoms with van der Waals surface area (Å²) in [7, 11) is 1.58. The Balaban J connectivity index is 1.76. The first kappa shape index (κ1) is 21.1. The van der Waals surface area contributed by atoms with Crippen molar-refractivity contribution in [2.24, 2.45) is 0 Å². The second kappa shape index (κ2) is 10.3. The summed E-state index contributed by atoms with van der Waals surface area (Å²) in [4.78, 5) is 15.3. The molecule has 1 saturated heterocycles. The molecule has 6 heteroatoms. The number of benzene rings is 2. The number of methoxy groups -OCH3 is 1. The lowest BCUT2D eigenvalue weighted by Crippen LogP contribution is -2.43. The van der Waals surface area contributed by atoms with E-state index < -0.39 is 0 Å². The van der Waals surface area contributed by atoms with E-state index in [1.807, 2.05) is 44.2 Å². The standard InChI is InChI=1S/C23H30N2O4/c1-17(2)29-21-10-9-19(15-22(21)27-3)23(26)24-20(18-7-5-4-6-8-18)16-25-11-13-28-14-12-25/h4-10,15,17,20H,11-14,16H2,1-3H3,(H,24,26). The number of nitrogens with zero attached hydrogens (tertiary/aromatic N) is 1. The van der Waals surface area contributed by atoms with E-state index in [2.05, 4.69) is 10.2 Å². The first-order chi connectivity index (χ1) is 14.1. The van der Waals surface area contributed by atoms with Gasteiger partial charge < -0.3 is 19.5 Å². The molecule has 1 heterocycles. The average Bonchev–Trinajstić information content (AvgIpc) is 2.74. The normalized spacial score (nSPS) is 15.7. The van der Waals surface area contributed by atoms with Crippen LogP contribution in [0.4, 0.5) is 0 Å². The zero-order valence-corrected chi connectivity index (χ0v) is 17.4. The van der Waals surface area contributed by atoms with Gasteiger partial charge in [0.1, 0.15) is 0 Å². The van der Waals surface area contributed by atoms with Gasteiger partial charge in [0.2, 0.25) is 0 Å². The maximum atomic E-state index is 13.0. The molecule has 2 aromatic carbocycles. The van der Waals surface area contributed by atoms with Crippen molar-refractivity contribution in [3.63, 3.8) is 0 Å². The quantitative estimate of drug-likeness (QED) is 0.739. The van der Waals surface area contributed by atoms with Crippen molar-refractivity contribution in [1.82, 2.24) is 10.2 Å². The van der Waals surface area contributed by atoms with Crippen molar-refractivity contribution in [3.8, 4) is 11.5 Å². The van der Waals surface area contributed by atoms with Gasteiger partial charge in [0.25, 0.3) is 5.91 Å². The number of ether oxygens (including phenoxy) is 3. The smallest absolute Gasteiger partial charge is 0.251 e. The number of hydrogen-bond donors (Lipinski definition) is 1. The summed E-state index contributed by atoms with van der Waals surface area (Å²) in [6, 6.07) is 15.2. The van der Waals surface area contributed by atoms with Gasteiger partial charge in [-0.2, -0.15) is 0 Å². The Hall–Kier alpha value is -2.57. The van der Waals surface area contributed by atoms with Crippen LogP contribution in [-0.4, -0.2) is 56.9 Å². The van der Waals surface area contributed by atoms with Crippen molar-refractivity contribution in [2.45, 2.75) is 26.0 Å². The lowest BCUT2D eigenvalue weighted by molar-refractivity contribution is 0.0332. The van der Waals surface area contributed by atoms with Gasteiger partial charge in [-0.05, 0) is 37.6 Å². The van der Waals surface area contributed by atoms with Crippen LogP contribution < -0.4 is 14.8 Å². The van der Waals surface area contributed by atoms with Crippen LogP contribution in [-0.2, 0) is 4.74 Å². The molecule has 3 rings (SSSR count). The van der Waals surface area contributed by atoms with Gasteiger partial charge in [-0.1, -0.05) is 30.3 Å². The van der Waals surface area contributed by atoms with Crippen LogP contribution in [0.1, 0.15) is 35.8 Å². The lowest BCUT2D eigenvalue weighted by Gasteiger charge is -2.31.